The first-order chi connectivity index (χ1) is 13.1. The molecule has 2 bridgehead atoms. The first-order valence-corrected chi connectivity index (χ1v) is 10.1. The average molecular weight is 412 g/mol. The molecule has 3 atom stereocenters. The van der Waals surface area contributed by atoms with E-state index in [-0.39, 0.29) is 18.3 Å². The van der Waals surface area contributed by atoms with Crippen molar-refractivity contribution in [2.24, 2.45) is 0 Å². The van der Waals surface area contributed by atoms with Gasteiger partial charge in [0.05, 0.1) is 48.2 Å². The molecular weight excluding hydrogens is 389 g/mol. The SMILES string of the molecule is Cc1onc(-c2c(Cl)cccc2Cl)c1COC1C[C@H]2CC[C@@H](C1)OCCO2. The van der Waals surface area contributed by atoms with Crippen LogP contribution in [0.15, 0.2) is 22.7 Å². The predicted molar refractivity (Wildman–Crippen MR) is 103 cm³/mol. The fraction of sp³-hybridized carbons (Fsp3) is 0.550. The Morgan fingerprint density at radius 2 is 1.70 bits per heavy atom. The van der Waals surface area contributed by atoms with Crippen LogP contribution in [-0.4, -0.2) is 36.7 Å². The Balaban J connectivity index is 1.53. The highest BCUT2D eigenvalue weighted by Crippen LogP contribution is 2.37. The van der Waals surface area contributed by atoms with Gasteiger partial charge in [-0.05, 0) is 44.7 Å². The summed E-state index contributed by atoms with van der Waals surface area (Å²) < 4.78 is 23.5. The van der Waals surface area contributed by atoms with E-state index in [1.54, 1.807) is 12.1 Å². The van der Waals surface area contributed by atoms with Gasteiger partial charge < -0.3 is 18.7 Å². The van der Waals surface area contributed by atoms with Crippen LogP contribution in [0.5, 0.6) is 0 Å². The van der Waals surface area contributed by atoms with Crippen LogP contribution in [0.4, 0.5) is 0 Å². The Kier molecular flexibility index (Phi) is 6.05. The zero-order chi connectivity index (χ0) is 18.8. The van der Waals surface area contributed by atoms with E-state index >= 15 is 0 Å². The molecule has 1 saturated carbocycles. The van der Waals surface area contributed by atoms with Crippen molar-refractivity contribution < 1.29 is 18.7 Å². The smallest absolute Gasteiger partial charge is 0.139 e. The van der Waals surface area contributed by atoms with Crippen molar-refractivity contribution in [3.63, 3.8) is 0 Å². The van der Waals surface area contributed by atoms with Gasteiger partial charge in [0.2, 0.25) is 0 Å². The van der Waals surface area contributed by atoms with E-state index in [0.717, 1.165) is 31.2 Å². The third-order valence-corrected chi connectivity index (χ3v) is 5.93. The molecular formula is C20H23Cl2NO4. The van der Waals surface area contributed by atoms with Crippen molar-refractivity contribution >= 4 is 23.2 Å². The van der Waals surface area contributed by atoms with Gasteiger partial charge in [-0.3, -0.25) is 0 Å². The number of hydrogen-bond acceptors (Lipinski definition) is 5. The molecule has 0 amide bonds. The summed E-state index contributed by atoms with van der Waals surface area (Å²) in [6.45, 7) is 3.58. The maximum absolute atomic E-state index is 6.36. The van der Waals surface area contributed by atoms with Gasteiger partial charge in [-0.25, -0.2) is 0 Å². The van der Waals surface area contributed by atoms with Gasteiger partial charge in [0.25, 0.3) is 0 Å². The van der Waals surface area contributed by atoms with E-state index in [4.69, 9.17) is 41.9 Å². The Morgan fingerprint density at radius 3 is 2.33 bits per heavy atom. The van der Waals surface area contributed by atoms with Crippen LogP contribution >= 0.6 is 23.2 Å². The number of hydrogen-bond donors (Lipinski definition) is 0. The Morgan fingerprint density at radius 1 is 1.07 bits per heavy atom. The second-order valence-electron chi connectivity index (χ2n) is 7.13. The van der Waals surface area contributed by atoms with Crippen molar-refractivity contribution in [3.8, 4) is 11.3 Å². The van der Waals surface area contributed by atoms with Gasteiger partial charge in [0.15, 0.2) is 0 Å². The number of benzene rings is 1. The molecule has 4 rings (SSSR count). The second-order valence-corrected chi connectivity index (χ2v) is 7.94. The minimum absolute atomic E-state index is 0.0736. The summed E-state index contributed by atoms with van der Waals surface area (Å²) >= 11 is 12.7. The van der Waals surface area contributed by atoms with Gasteiger partial charge in [-0.15, -0.1) is 0 Å². The molecule has 1 unspecified atom stereocenters. The molecule has 0 radical (unpaired) electrons. The number of aryl methyl sites for hydroxylation is 1. The molecule has 1 saturated heterocycles. The number of aromatic nitrogens is 1. The number of nitrogens with zero attached hydrogens (tertiary/aromatic N) is 1. The van der Waals surface area contributed by atoms with Gasteiger partial charge in [-0.2, -0.15) is 0 Å². The number of fused-ring (bicyclic) bond motifs is 3. The van der Waals surface area contributed by atoms with Crippen LogP contribution in [0.25, 0.3) is 11.3 Å². The molecule has 1 aliphatic heterocycles. The molecule has 1 aromatic carbocycles. The molecule has 0 N–H and O–H groups in total. The number of halogens is 2. The first-order valence-electron chi connectivity index (χ1n) is 9.36. The lowest BCUT2D eigenvalue weighted by atomic mass is 10.1. The average Bonchev–Trinajstić information content (AvgIpc) is 2.90. The number of ether oxygens (including phenoxy) is 3. The monoisotopic (exact) mass is 411 g/mol. The second kappa shape index (κ2) is 8.50. The Bertz CT molecular complexity index is 758. The predicted octanol–water partition coefficient (Wildman–Crippen LogP) is 5.20. The molecule has 5 nitrogen and oxygen atoms in total. The van der Waals surface area contributed by atoms with Crippen molar-refractivity contribution in [1.29, 1.82) is 0 Å². The number of rotatable bonds is 4. The summed E-state index contributed by atoms with van der Waals surface area (Å²) in [5.41, 5.74) is 2.19. The largest absolute Gasteiger partial charge is 0.376 e. The van der Waals surface area contributed by atoms with Crippen molar-refractivity contribution in [1.82, 2.24) is 5.16 Å². The highest BCUT2D eigenvalue weighted by Gasteiger charge is 2.30. The standard InChI is InChI=1S/C20H23Cl2NO4/c1-12-16(20(23-27-12)19-17(21)3-2-4-18(19)22)11-26-15-9-13-5-6-14(10-15)25-8-7-24-13/h2-4,13-15H,5-11H2,1H3/t13-,14+,15?. The van der Waals surface area contributed by atoms with Crippen LogP contribution in [0.2, 0.25) is 10.0 Å². The quantitative estimate of drug-likeness (QED) is 0.691. The zero-order valence-electron chi connectivity index (χ0n) is 15.2. The van der Waals surface area contributed by atoms with Crippen LogP contribution in [0, 0.1) is 6.92 Å². The normalized spacial score (nSPS) is 25.8. The van der Waals surface area contributed by atoms with E-state index in [9.17, 15) is 0 Å². The van der Waals surface area contributed by atoms with Gasteiger partial charge >= 0.3 is 0 Å². The summed E-state index contributed by atoms with van der Waals surface area (Å²) in [4.78, 5) is 0. The summed E-state index contributed by atoms with van der Waals surface area (Å²) in [6, 6.07) is 5.40. The Labute approximate surface area is 168 Å². The summed E-state index contributed by atoms with van der Waals surface area (Å²) in [5.74, 6) is 0.708. The molecule has 146 valence electrons. The van der Waals surface area contributed by atoms with Crippen LogP contribution in [0.3, 0.4) is 0 Å². The highest BCUT2D eigenvalue weighted by atomic mass is 35.5. The summed E-state index contributed by atoms with van der Waals surface area (Å²) in [5, 5.41) is 5.27. The van der Waals surface area contributed by atoms with Crippen molar-refractivity contribution in [2.45, 2.75) is 57.5 Å². The Hall–Kier alpha value is -1.11. The molecule has 1 aliphatic carbocycles. The van der Waals surface area contributed by atoms with E-state index in [0.29, 0.717) is 46.9 Å². The van der Waals surface area contributed by atoms with Crippen LogP contribution in [-0.2, 0) is 20.8 Å². The lowest BCUT2D eigenvalue weighted by molar-refractivity contribution is -0.0451. The molecule has 0 spiro atoms. The minimum atomic E-state index is 0.0736. The minimum Gasteiger partial charge on any atom is -0.376 e. The third kappa shape index (κ3) is 4.33. The first kappa shape index (κ1) is 19.2. The van der Waals surface area contributed by atoms with Crippen molar-refractivity contribution in [2.75, 3.05) is 13.2 Å². The lowest BCUT2D eigenvalue weighted by Gasteiger charge is -2.20. The van der Waals surface area contributed by atoms with Crippen molar-refractivity contribution in [3.05, 3.63) is 39.6 Å². The molecule has 7 heteroatoms. The molecule has 2 heterocycles. The molecule has 2 fully saturated rings. The van der Waals surface area contributed by atoms with E-state index < -0.39 is 0 Å². The maximum Gasteiger partial charge on any atom is 0.139 e. The highest BCUT2D eigenvalue weighted by molar-refractivity contribution is 6.39. The fourth-order valence-electron chi connectivity index (χ4n) is 3.84. The van der Waals surface area contributed by atoms with E-state index in [1.165, 1.54) is 0 Å². The van der Waals surface area contributed by atoms with Gasteiger partial charge in [-0.1, -0.05) is 34.4 Å². The summed E-state index contributed by atoms with van der Waals surface area (Å²) in [7, 11) is 0. The maximum atomic E-state index is 6.36. The topological polar surface area (TPSA) is 53.7 Å². The van der Waals surface area contributed by atoms with Gasteiger partial charge in [0.1, 0.15) is 11.5 Å². The fourth-order valence-corrected chi connectivity index (χ4v) is 4.42. The van der Waals surface area contributed by atoms with Crippen LogP contribution < -0.4 is 0 Å². The zero-order valence-corrected chi connectivity index (χ0v) is 16.8. The van der Waals surface area contributed by atoms with Crippen LogP contribution in [0.1, 0.15) is 37.0 Å². The van der Waals surface area contributed by atoms with Gasteiger partial charge in [0, 0.05) is 11.1 Å². The molecule has 2 aromatic rings. The lowest BCUT2D eigenvalue weighted by Crippen LogP contribution is -2.22. The van der Waals surface area contributed by atoms with E-state index in [1.807, 2.05) is 13.0 Å². The molecule has 1 aromatic heterocycles. The third-order valence-electron chi connectivity index (χ3n) is 5.30. The van der Waals surface area contributed by atoms with E-state index in [2.05, 4.69) is 5.16 Å². The summed E-state index contributed by atoms with van der Waals surface area (Å²) in [6.07, 6.45) is 4.37. The molecule has 2 aliphatic rings. The molecule has 27 heavy (non-hydrogen) atoms.